The van der Waals surface area contributed by atoms with Gasteiger partial charge in [-0.25, -0.2) is 0 Å². The van der Waals surface area contributed by atoms with E-state index in [4.69, 9.17) is 0 Å². The second-order valence-corrected chi connectivity index (χ2v) is 5.72. The first-order valence-electron chi connectivity index (χ1n) is 4.52. The van der Waals surface area contributed by atoms with Gasteiger partial charge in [-0.2, -0.15) is 0 Å². The zero-order valence-corrected chi connectivity index (χ0v) is 10.2. The number of halogens is 1. The molecule has 0 aliphatic rings. The highest BCUT2D eigenvalue weighted by Gasteiger charge is 2.14. The minimum Gasteiger partial charge on any atom is -0.260 e. The molecular formula is C11H16BrN. The van der Waals surface area contributed by atoms with Crippen LogP contribution in [0.15, 0.2) is 18.3 Å². The third kappa shape index (κ3) is 2.80. The highest BCUT2D eigenvalue weighted by atomic mass is 79.9. The number of rotatable bonds is 1. The molecule has 0 bridgehead atoms. The quantitative estimate of drug-likeness (QED) is 0.682. The molecule has 1 atom stereocenters. The van der Waals surface area contributed by atoms with Crippen LogP contribution in [0.4, 0.5) is 0 Å². The molecule has 2 heteroatoms. The fourth-order valence-electron chi connectivity index (χ4n) is 1.08. The molecule has 1 nitrogen and oxygen atoms in total. The van der Waals surface area contributed by atoms with Crippen LogP contribution < -0.4 is 0 Å². The molecule has 0 amide bonds. The maximum absolute atomic E-state index is 4.44. The molecule has 0 saturated carbocycles. The number of hydrogen-bond donors (Lipinski definition) is 0. The van der Waals surface area contributed by atoms with Gasteiger partial charge in [0.15, 0.2) is 0 Å². The minimum atomic E-state index is 0.147. The maximum atomic E-state index is 4.44. The van der Waals surface area contributed by atoms with E-state index in [1.54, 1.807) is 0 Å². The Morgan fingerprint density at radius 3 is 2.23 bits per heavy atom. The summed E-state index contributed by atoms with van der Waals surface area (Å²) in [5, 5.41) is 0. The smallest absolute Gasteiger partial charge is 0.0457 e. The van der Waals surface area contributed by atoms with Crippen molar-refractivity contribution in [2.75, 3.05) is 0 Å². The molecule has 72 valence electrons. The van der Waals surface area contributed by atoms with E-state index in [-0.39, 0.29) is 5.41 Å². The van der Waals surface area contributed by atoms with Crippen molar-refractivity contribution in [3.8, 4) is 0 Å². The Hall–Kier alpha value is -0.370. The highest BCUT2D eigenvalue weighted by molar-refractivity contribution is 9.09. The lowest BCUT2D eigenvalue weighted by atomic mass is 9.91. The third-order valence-electron chi connectivity index (χ3n) is 2.01. The van der Waals surface area contributed by atoms with E-state index in [1.165, 1.54) is 5.56 Å². The van der Waals surface area contributed by atoms with Gasteiger partial charge in [0.25, 0.3) is 0 Å². The van der Waals surface area contributed by atoms with Crippen molar-refractivity contribution < 1.29 is 0 Å². The van der Waals surface area contributed by atoms with Gasteiger partial charge in [0.05, 0.1) is 0 Å². The van der Waals surface area contributed by atoms with Gasteiger partial charge in [0.1, 0.15) is 0 Å². The number of alkyl halides is 1. The normalized spacial score (nSPS) is 14.2. The second kappa shape index (κ2) is 3.79. The van der Waals surface area contributed by atoms with Crippen LogP contribution in [-0.4, -0.2) is 4.98 Å². The standard InChI is InChI=1S/C11H16BrN/c1-8(12)9-5-6-10(13-7-9)11(2,3)4/h5-8H,1-4H3. The van der Waals surface area contributed by atoms with E-state index in [1.807, 2.05) is 6.20 Å². The molecule has 1 aromatic rings. The predicted molar refractivity (Wildman–Crippen MR) is 60.3 cm³/mol. The van der Waals surface area contributed by atoms with E-state index < -0.39 is 0 Å². The fourth-order valence-corrected chi connectivity index (χ4v) is 1.36. The Morgan fingerprint density at radius 2 is 1.92 bits per heavy atom. The van der Waals surface area contributed by atoms with Gasteiger partial charge in [0.2, 0.25) is 0 Å². The number of nitrogens with zero attached hydrogens (tertiary/aromatic N) is 1. The van der Waals surface area contributed by atoms with Gasteiger partial charge < -0.3 is 0 Å². The van der Waals surface area contributed by atoms with Crippen LogP contribution in [0.3, 0.4) is 0 Å². The van der Waals surface area contributed by atoms with Crippen molar-refractivity contribution in [3.05, 3.63) is 29.6 Å². The van der Waals surface area contributed by atoms with Crippen LogP contribution in [0.2, 0.25) is 0 Å². The van der Waals surface area contributed by atoms with Crippen LogP contribution in [0.25, 0.3) is 0 Å². The Balaban J connectivity index is 2.94. The molecule has 0 N–H and O–H groups in total. The van der Waals surface area contributed by atoms with Crippen LogP contribution in [-0.2, 0) is 5.41 Å². The topological polar surface area (TPSA) is 12.9 Å². The molecule has 1 aromatic heterocycles. The molecule has 0 spiro atoms. The molecule has 0 aliphatic heterocycles. The van der Waals surface area contributed by atoms with E-state index >= 15 is 0 Å². The largest absolute Gasteiger partial charge is 0.260 e. The van der Waals surface area contributed by atoms with Crippen LogP contribution in [0.1, 0.15) is 43.8 Å². The van der Waals surface area contributed by atoms with Crippen molar-refractivity contribution in [1.29, 1.82) is 0 Å². The summed E-state index contributed by atoms with van der Waals surface area (Å²) in [6, 6.07) is 4.24. The van der Waals surface area contributed by atoms with E-state index in [0.29, 0.717) is 4.83 Å². The zero-order chi connectivity index (χ0) is 10.1. The first-order chi connectivity index (χ1) is 5.91. The molecule has 1 heterocycles. The molecule has 0 aliphatic carbocycles. The summed E-state index contributed by atoms with van der Waals surface area (Å²) in [4.78, 5) is 4.82. The Kier molecular flexibility index (Phi) is 3.12. The van der Waals surface area contributed by atoms with Gasteiger partial charge in [-0.05, 0) is 18.6 Å². The lowest BCUT2D eigenvalue weighted by Gasteiger charge is -2.17. The fraction of sp³-hybridized carbons (Fsp3) is 0.545. The first kappa shape index (κ1) is 10.7. The SMILES string of the molecule is CC(Br)c1ccc(C(C)(C)C)nc1. The zero-order valence-electron chi connectivity index (χ0n) is 8.63. The number of aromatic nitrogens is 1. The van der Waals surface area contributed by atoms with Crippen LogP contribution >= 0.6 is 15.9 Å². The summed E-state index contributed by atoms with van der Waals surface area (Å²) in [6.45, 7) is 8.62. The molecular weight excluding hydrogens is 226 g/mol. The molecule has 13 heavy (non-hydrogen) atoms. The van der Waals surface area contributed by atoms with E-state index in [2.05, 4.69) is 60.7 Å². The molecule has 0 saturated heterocycles. The predicted octanol–water partition coefficient (Wildman–Crippen LogP) is 3.84. The summed E-state index contributed by atoms with van der Waals surface area (Å²) in [7, 11) is 0. The van der Waals surface area contributed by atoms with E-state index in [0.717, 1.165) is 5.69 Å². The second-order valence-electron chi connectivity index (χ2n) is 4.34. The van der Waals surface area contributed by atoms with Crippen molar-refractivity contribution in [3.63, 3.8) is 0 Å². The van der Waals surface area contributed by atoms with Crippen molar-refractivity contribution >= 4 is 15.9 Å². The Bertz CT molecular complexity index is 269. The Morgan fingerprint density at radius 1 is 1.31 bits per heavy atom. The van der Waals surface area contributed by atoms with Crippen molar-refractivity contribution in [2.24, 2.45) is 0 Å². The molecule has 0 aromatic carbocycles. The molecule has 1 rings (SSSR count). The van der Waals surface area contributed by atoms with E-state index in [9.17, 15) is 0 Å². The average Bonchev–Trinajstić information content (AvgIpc) is 2.03. The summed E-state index contributed by atoms with van der Waals surface area (Å²) in [6.07, 6.45) is 1.94. The lowest BCUT2D eigenvalue weighted by Crippen LogP contribution is -2.13. The monoisotopic (exact) mass is 241 g/mol. The first-order valence-corrected chi connectivity index (χ1v) is 5.43. The van der Waals surface area contributed by atoms with Gasteiger partial charge in [-0.1, -0.05) is 42.8 Å². The minimum absolute atomic E-state index is 0.147. The number of pyridine rings is 1. The Labute approximate surface area is 88.7 Å². The van der Waals surface area contributed by atoms with Crippen LogP contribution in [0.5, 0.6) is 0 Å². The summed E-state index contributed by atoms with van der Waals surface area (Å²) in [5.74, 6) is 0. The van der Waals surface area contributed by atoms with Crippen molar-refractivity contribution in [1.82, 2.24) is 4.98 Å². The van der Waals surface area contributed by atoms with Crippen molar-refractivity contribution in [2.45, 2.75) is 37.9 Å². The molecule has 0 fully saturated rings. The number of hydrogen-bond acceptors (Lipinski definition) is 1. The van der Waals surface area contributed by atoms with Gasteiger partial charge >= 0.3 is 0 Å². The summed E-state index contributed by atoms with van der Waals surface area (Å²) >= 11 is 3.52. The third-order valence-corrected chi connectivity index (χ3v) is 2.54. The van der Waals surface area contributed by atoms with Gasteiger partial charge in [-0.3, -0.25) is 4.98 Å². The maximum Gasteiger partial charge on any atom is 0.0457 e. The van der Waals surface area contributed by atoms with Crippen LogP contribution in [0, 0.1) is 0 Å². The lowest BCUT2D eigenvalue weighted by molar-refractivity contribution is 0.568. The molecule has 0 radical (unpaired) electrons. The highest BCUT2D eigenvalue weighted by Crippen LogP contribution is 2.24. The summed E-state index contributed by atoms with van der Waals surface area (Å²) in [5.41, 5.74) is 2.52. The average molecular weight is 242 g/mol. The summed E-state index contributed by atoms with van der Waals surface area (Å²) < 4.78 is 0. The van der Waals surface area contributed by atoms with Gasteiger partial charge in [0, 0.05) is 22.1 Å². The molecule has 1 unspecified atom stereocenters. The van der Waals surface area contributed by atoms with Gasteiger partial charge in [-0.15, -0.1) is 0 Å².